The van der Waals surface area contributed by atoms with E-state index < -0.39 is 5.72 Å². The van der Waals surface area contributed by atoms with Gasteiger partial charge in [-0.1, -0.05) is 40.0 Å². The normalized spacial score (nSPS) is 15.7. The molecule has 2 nitrogen and oxygen atoms in total. The van der Waals surface area contributed by atoms with E-state index in [0.29, 0.717) is 0 Å². The summed E-state index contributed by atoms with van der Waals surface area (Å²) < 4.78 is 0. The standard InChI is InChI=1S/C11H25NO/c1-4-7-8-9-10-11(13,5-2)12-6-3/h12-13H,4-10H2,1-3H3. The van der Waals surface area contributed by atoms with E-state index in [4.69, 9.17) is 0 Å². The van der Waals surface area contributed by atoms with E-state index in [9.17, 15) is 5.11 Å². The molecule has 0 aliphatic rings. The molecular weight excluding hydrogens is 162 g/mol. The fourth-order valence-electron chi connectivity index (χ4n) is 1.56. The van der Waals surface area contributed by atoms with Crippen LogP contribution in [0.3, 0.4) is 0 Å². The van der Waals surface area contributed by atoms with Gasteiger partial charge in [0.05, 0.1) is 0 Å². The van der Waals surface area contributed by atoms with Crippen molar-refractivity contribution in [2.45, 2.75) is 65.0 Å². The summed E-state index contributed by atoms with van der Waals surface area (Å²) in [6, 6.07) is 0. The van der Waals surface area contributed by atoms with Gasteiger partial charge in [0.15, 0.2) is 0 Å². The van der Waals surface area contributed by atoms with E-state index in [0.717, 1.165) is 25.8 Å². The van der Waals surface area contributed by atoms with Crippen LogP contribution in [0.15, 0.2) is 0 Å². The summed E-state index contributed by atoms with van der Waals surface area (Å²) in [6.45, 7) is 7.11. The van der Waals surface area contributed by atoms with Crippen molar-refractivity contribution in [3.05, 3.63) is 0 Å². The first kappa shape index (κ1) is 12.9. The number of rotatable bonds is 8. The summed E-state index contributed by atoms with van der Waals surface area (Å²) in [7, 11) is 0. The van der Waals surface area contributed by atoms with E-state index in [2.05, 4.69) is 12.2 Å². The number of unbranched alkanes of at least 4 members (excludes halogenated alkanes) is 3. The summed E-state index contributed by atoms with van der Waals surface area (Å²) in [5.41, 5.74) is -0.609. The smallest absolute Gasteiger partial charge is 0.115 e. The number of hydrogen-bond acceptors (Lipinski definition) is 2. The molecule has 0 saturated heterocycles. The predicted molar refractivity (Wildman–Crippen MR) is 57.7 cm³/mol. The van der Waals surface area contributed by atoms with Crippen LogP contribution in [0.5, 0.6) is 0 Å². The first-order valence-electron chi connectivity index (χ1n) is 5.66. The second-order valence-corrected chi connectivity index (χ2v) is 3.73. The Morgan fingerprint density at radius 3 is 2.23 bits per heavy atom. The van der Waals surface area contributed by atoms with Gasteiger partial charge >= 0.3 is 0 Å². The molecule has 0 radical (unpaired) electrons. The Hall–Kier alpha value is -0.0800. The highest BCUT2D eigenvalue weighted by atomic mass is 16.3. The Labute approximate surface area is 82.7 Å². The highest BCUT2D eigenvalue weighted by Gasteiger charge is 2.21. The molecule has 0 bridgehead atoms. The minimum atomic E-state index is -0.609. The number of hydrogen-bond donors (Lipinski definition) is 2. The van der Waals surface area contributed by atoms with Gasteiger partial charge in [-0.05, 0) is 25.8 Å². The van der Waals surface area contributed by atoms with E-state index >= 15 is 0 Å². The van der Waals surface area contributed by atoms with Crippen molar-refractivity contribution in [1.82, 2.24) is 5.32 Å². The lowest BCUT2D eigenvalue weighted by molar-refractivity contribution is -0.00721. The molecule has 1 unspecified atom stereocenters. The quantitative estimate of drug-likeness (QED) is 0.452. The maximum absolute atomic E-state index is 10.0. The van der Waals surface area contributed by atoms with Crippen LogP contribution >= 0.6 is 0 Å². The lowest BCUT2D eigenvalue weighted by Gasteiger charge is -2.27. The molecule has 0 spiro atoms. The maximum Gasteiger partial charge on any atom is 0.115 e. The Morgan fingerprint density at radius 2 is 1.77 bits per heavy atom. The van der Waals surface area contributed by atoms with Crippen molar-refractivity contribution in [3.63, 3.8) is 0 Å². The fraction of sp³-hybridized carbons (Fsp3) is 1.00. The summed E-state index contributed by atoms with van der Waals surface area (Å²) in [4.78, 5) is 0. The highest BCUT2D eigenvalue weighted by Crippen LogP contribution is 2.16. The molecule has 0 amide bonds. The van der Waals surface area contributed by atoms with Gasteiger partial charge in [-0.2, -0.15) is 0 Å². The summed E-state index contributed by atoms with van der Waals surface area (Å²) in [5, 5.41) is 13.1. The van der Waals surface area contributed by atoms with Crippen LogP contribution in [-0.4, -0.2) is 17.4 Å². The predicted octanol–water partition coefficient (Wildman–Crippen LogP) is 2.66. The molecule has 0 rings (SSSR count). The topological polar surface area (TPSA) is 32.3 Å². The third-order valence-corrected chi connectivity index (χ3v) is 2.53. The molecule has 13 heavy (non-hydrogen) atoms. The van der Waals surface area contributed by atoms with Crippen LogP contribution < -0.4 is 5.32 Å². The van der Waals surface area contributed by atoms with Gasteiger partial charge in [0.1, 0.15) is 5.72 Å². The van der Waals surface area contributed by atoms with Crippen molar-refractivity contribution >= 4 is 0 Å². The molecule has 80 valence electrons. The van der Waals surface area contributed by atoms with E-state index in [1.54, 1.807) is 0 Å². The molecule has 0 fully saturated rings. The van der Waals surface area contributed by atoms with Crippen LogP contribution in [0.1, 0.15) is 59.3 Å². The second-order valence-electron chi connectivity index (χ2n) is 3.73. The Bertz CT molecular complexity index is 117. The first-order valence-corrected chi connectivity index (χ1v) is 5.66. The second kappa shape index (κ2) is 7.34. The molecule has 1 atom stereocenters. The summed E-state index contributed by atoms with van der Waals surface area (Å²) in [5.74, 6) is 0. The minimum Gasteiger partial charge on any atom is -0.376 e. The van der Waals surface area contributed by atoms with Crippen LogP contribution in [0.4, 0.5) is 0 Å². The highest BCUT2D eigenvalue weighted by molar-refractivity contribution is 4.72. The first-order chi connectivity index (χ1) is 6.18. The lowest BCUT2D eigenvalue weighted by atomic mass is 10.0. The molecule has 0 saturated carbocycles. The van der Waals surface area contributed by atoms with Crippen molar-refractivity contribution in [2.24, 2.45) is 0 Å². The average molecular weight is 187 g/mol. The zero-order valence-electron chi connectivity index (χ0n) is 9.40. The van der Waals surface area contributed by atoms with Crippen molar-refractivity contribution < 1.29 is 5.11 Å². The van der Waals surface area contributed by atoms with Gasteiger partial charge in [-0.15, -0.1) is 0 Å². The van der Waals surface area contributed by atoms with Crippen LogP contribution in [0.2, 0.25) is 0 Å². The molecule has 0 heterocycles. The molecule has 0 aromatic carbocycles. The summed E-state index contributed by atoms with van der Waals surface area (Å²) >= 11 is 0. The minimum absolute atomic E-state index is 0.609. The third kappa shape index (κ3) is 6.05. The largest absolute Gasteiger partial charge is 0.376 e. The molecule has 2 N–H and O–H groups in total. The zero-order chi connectivity index (χ0) is 10.2. The molecule has 0 aliphatic carbocycles. The Morgan fingerprint density at radius 1 is 1.08 bits per heavy atom. The Kier molecular flexibility index (Phi) is 7.29. The lowest BCUT2D eigenvalue weighted by Crippen LogP contribution is -2.44. The average Bonchev–Trinajstić information content (AvgIpc) is 2.13. The molecule has 0 aliphatic heterocycles. The fourth-order valence-corrected chi connectivity index (χ4v) is 1.56. The van der Waals surface area contributed by atoms with Crippen molar-refractivity contribution in [1.29, 1.82) is 0 Å². The third-order valence-electron chi connectivity index (χ3n) is 2.53. The van der Waals surface area contributed by atoms with Gasteiger partial charge in [0, 0.05) is 0 Å². The van der Waals surface area contributed by atoms with Gasteiger partial charge in [-0.25, -0.2) is 0 Å². The van der Waals surface area contributed by atoms with Gasteiger partial charge in [0.2, 0.25) is 0 Å². The van der Waals surface area contributed by atoms with Crippen LogP contribution in [0.25, 0.3) is 0 Å². The number of aliphatic hydroxyl groups is 1. The van der Waals surface area contributed by atoms with E-state index in [-0.39, 0.29) is 0 Å². The number of nitrogens with one attached hydrogen (secondary N) is 1. The van der Waals surface area contributed by atoms with Gasteiger partial charge < -0.3 is 5.11 Å². The Balaban J connectivity index is 3.57. The zero-order valence-corrected chi connectivity index (χ0v) is 9.40. The summed E-state index contributed by atoms with van der Waals surface area (Å²) in [6.07, 6.45) is 6.59. The maximum atomic E-state index is 10.0. The molecule has 0 aromatic heterocycles. The van der Waals surface area contributed by atoms with Crippen molar-refractivity contribution in [3.8, 4) is 0 Å². The molecule has 2 heteroatoms. The van der Waals surface area contributed by atoms with Crippen LogP contribution in [0, 0.1) is 0 Å². The SMILES string of the molecule is CCCCCCC(O)(CC)NCC. The van der Waals surface area contributed by atoms with E-state index in [1.165, 1.54) is 19.3 Å². The van der Waals surface area contributed by atoms with Gasteiger partial charge in [0.25, 0.3) is 0 Å². The van der Waals surface area contributed by atoms with Crippen LogP contribution in [-0.2, 0) is 0 Å². The van der Waals surface area contributed by atoms with Gasteiger partial charge in [-0.3, -0.25) is 5.32 Å². The van der Waals surface area contributed by atoms with Crippen molar-refractivity contribution in [2.75, 3.05) is 6.54 Å². The molecule has 0 aromatic rings. The van der Waals surface area contributed by atoms with E-state index in [1.807, 2.05) is 13.8 Å². The molecular formula is C11H25NO. The monoisotopic (exact) mass is 187 g/mol.